The van der Waals surface area contributed by atoms with E-state index in [9.17, 15) is 19.5 Å². The summed E-state index contributed by atoms with van der Waals surface area (Å²) in [4.78, 5) is 46.5. The topological polar surface area (TPSA) is 144 Å². The summed E-state index contributed by atoms with van der Waals surface area (Å²) in [6.45, 7) is 4.19. The van der Waals surface area contributed by atoms with Gasteiger partial charge in [-0.25, -0.2) is 9.97 Å². The van der Waals surface area contributed by atoms with Crippen molar-refractivity contribution in [3.63, 3.8) is 0 Å². The molecule has 1 aliphatic rings. The number of nitrogens with zero attached hydrogens (tertiary/aromatic N) is 5. The van der Waals surface area contributed by atoms with Crippen LogP contribution in [0.15, 0.2) is 29.5 Å². The van der Waals surface area contributed by atoms with Gasteiger partial charge in [-0.2, -0.15) is 9.61 Å². The van der Waals surface area contributed by atoms with Gasteiger partial charge in [-0.1, -0.05) is 13.8 Å². The lowest BCUT2D eigenvalue weighted by atomic mass is 10.2. The van der Waals surface area contributed by atoms with Gasteiger partial charge in [0, 0.05) is 25.0 Å². The number of carbonyl (C=O) groups is 2. The van der Waals surface area contributed by atoms with Crippen molar-refractivity contribution in [1.29, 1.82) is 0 Å². The summed E-state index contributed by atoms with van der Waals surface area (Å²) in [7, 11) is 0. The number of carbonyl (C=O) groups excluding carboxylic acids is 2. The molecule has 2 amide bonds. The maximum absolute atomic E-state index is 13.0. The largest absolute Gasteiger partial charge is 0.494 e. The Morgan fingerprint density at radius 1 is 1.23 bits per heavy atom. The predicted octanol–water partition coefficient (Wildman–Crippen LogP) is 0.470. The van der Waals surface area contributed by atoms with Gasteiger partial charge in [0.25, 0.3) is 17.4 Å². The maximum Gasteiger partial charge on any atom is 0.291 e. The molecule has 0 aliphatic heterocycles. The molecular formula is C20H23N7O4. The van der Waals surface area contributed by atoms with Crippen LogP contribution in [-0.2, 0) is 13.1 Å². The van der Waals surface area contributed by atoms with E-state index in [4.69, 9.17) is 0 Å². The number of rotatable bonds is 7. The summed E-state index contributed by atoms with van der Waals surface area (Å²) in [5.41, 5.74) is -0.951. The Morgan fingerprint density at radius 2 is 1.94 bits per heavy atom. The van der Waals surface area contributed by atoms with Gasteiger partial charge in [-0.05, 0) is 24.8 Å². The fourth-order valence-electron chi connectivity index (χ4n) is 3.25. The molecule has 3 N–H and O–H groups in total. The van der Waals surface area contributed by atoms with E-state index in [1.165, 1.54) is 10.8 Å². The molecule has 11 heteroatoms. The van der Waals surface area contributed by atoms with Crippen molar-refractivity contribution in [3.05, 3.63) is 52.0 Å². The van der Waals surface area contributed by atoms with Crippen molar-refractivity contribution < 1.29 is 14.7 Å². The number of hydrogen-bond donors (Lipinski definition) is 3. The molecule has 0 spiro atoms. The highest BCUT2D eigenvalue weighted by molar-refractivity contribution is 6.01. The highest BCUT2D eigenvalue weighted by Gasteiger charge is 2.30. The molecular weight excluding hydrogens is 402 g/mol. The van der Waals surface area contributed by atoms with E-state index in [2.05, 4.69) is 25.7 Å². The van der Waals surface area contributed by atoms with E-state index in [1.807, 2.05) is 13.8 Å². The van der Waals surface area contributed by atoms with Gasteiger partial charge in [-0.15, -0.1) is 0 Å². The average molecular weight is 425 g/mol. The second-order valence-corrected chi connectivity index (χ2v) is 7.90. The molecule has 3 heterocycles. The Labute approximate surface area is 177 Å². The van der Waals surface area contributed by atoms with E-state index in [0.29, 0.717) is 5.82 Å². The van der Waals surface area contributed by atoms with Gasteiger partial charge in [0.1, 0.15) is 11.4 Å². The molecule has 1 fully saturated rings. The van der Waals surface area contributed by atoms with Crippen LogP contribution < -0.4 is 16.2 Å². The molecule has 1 saturated carbocycles. The van der Waals surface area contributed by atoms with Crippen LogP contribution in [0.5, 0.6) is 5.88 Å². The van der Waals surface area contributed by atoms with Gasteiger partial charge in [0.05, 0.1) is 12.7 Å². The van der Waals surface area contributed by atoms with Crippen LogP contribution in [0.1, 0.15) is 53.2 Å². The number of aromatic hydroxyl groups is 1. The number of aromatic nitrogens is 5. The van der Waals surface area contributed by atoms with Gasteiger partial charge in [-0.3, -0.25) is 19.0 Å². The summed E-state index contributed by atoms with van der Waals surface area (Å²) in [6, 6.07) is 1.68. The highest BCUT2D eigenvalue weighted by Crippen LogP contribution is 2.24. The third kappa shape index (κ3) is 4.11. The molecule has 0 aromatic carbocycles. The van der Waals surface area contributed by atoms with E-state index in [-0.39, 0.29) is 41.8 Å². The first-order valence-corrected chi connectivity index (χ1v) is 10.0. The minimum atomic E-state index is -0.781. The zero-order valence-electron chi connectivity index (χ0n) is 17.2. The van der Waals surface area contributed by atoms with Crippen molar-refractivity contribution in [2.45, 2.75) is 45.8 Å². The van der Waals surface area contributed by atoms with Crippen molar-refractivity contribution >= 4 is 17.5 Å². The second-order valence-electron chi connectivity index (χ2n) is 7.90. The summed E-state index contributed by atoms with van der Waals surface area (Å²) in [5.74, 6) is -1.15. The molecule has 162 valence electrons. The SMILES string of the molecule is CC(C)Cn1c(O)c(C(=O)NC2CC2)c(=O)n2ncc(C(=O)NCc3ncccn3)c12. The molecule has 0 atom stereocenters. The molecule has 31 heavy (non-hydrogen) atoms. The molecule has 3 aromatic heterocycles. The van der Waals surface area contributed by atoms with E-state index >= 15 is 0 Å². The Kier molecular flexibility index (Phi) is 5.40. The van der Waals surface area contributed by atoms with Crippen LogP contribution in [0, 0.1) is 5.92 Å². The minimum absolute atomic E-state index is 0.0136. The van der Waals surface area contributed by atoms with Gasteiger partial charge in [0.15, 0.2) is 11.2 Å². The number of amides is 2. The lowest BCUT2D eigenvalue weighted by molar-refractivity contribution is 0.0940. The van der Waals surface area contributed by atoms with E-state index in [1.54, 1.807) is 18.5 Å². The maximum atomic E-state index is 13.0. The smallest absolute Gasteiger partial charge is 0.291 e. The molecule has 0 radical (unpaired) electrons. The van der Waals surface area contributed by atoms with Crippen LogP contribution in [0.4, 0.5) is 0 Å². The zero-order valence-corrected chi connectivity index (χ0v) is 17.2. The Bertz CT molecular complexity index is 1200. The normalized spacial score (nSPS) is 13.5. The molecule has 4 rings (SSSR count). The quantitative estimate of drug-likeness (QED) is 0.499. The molecule has 0 bridgehead atoms. The number of nitrogens with one attached hydrogen (secondary N) is 2. The lowest BCUT2D eigenvalue weighted by Gasteiger charge is -2.17. The first kappa shape index (κ1) is 20.5. The van der Waals surface area contributed by atoms with Crippen LogP contribution in [0.25, 0.3) is 5.65 Å². The first-order chi connectivity index (χ1) is 14.9. The van der Waals surface area contributed by atoms with Crippen molar-refractivity contribution in [3.8, 4) is 5.88 Å². The summed E-state index contributed by atoms with van der Waals surface area (Å²) < 4.78 is 2.37. The van der Waals surface area contributed by atoms with Gasteiger partial charge >= 0.3 is 0 Å². The average Bonchev–Trinajstić information content (AvgIpc) is 3.43. The molecule has 3 aromatic rings. The van der Waals surface area contributed by atoms with Crippen LogP contribution in [0.3, 0.4) is 0 Å². The van der Waals surface area contributed by atoms with Crippen LogP contribution in [0.2, 0.25) is 0 Å². The molecule has 11 nitrogen and oxygen atoms in total. The molecule has 1 aliphatic carbocycles. The summed E-state index contributed by atoms with van der Waals surface area (Å²) in [5, 5.41) is 20.3. The fraction of sp³-hybridized carbons (Fsp3) is 0.400. The Morgan fingerprint density at radius 3 is 2.58 bits per heavy atom. The van der Waals surface area contributed by atoms with Crippen LogP contribution in [-0.4, -0.2) is 47.1 Å². The van der Waals surface area contributed by atoms with Crippen molar-refractivity contribution in [1.82, 2.24) is 34.8 Å². The third-order valence-electron chi connectivity index (χ3n) is 4.84. The van der Waals surface area contributed by atoms with Crippen LogP contribution >= 0.6 is 0 Å². The summed E-state index contributed by atoms with van der Waals surface area (Å²) >= 11 is 0. The lowest BCUT2D eigenvalue weighted by Crippen LogP contribution is -2.35. The zero-order chi connectivity index (χ0) is 22.1. The predicted molar refractivity (Wildman–Crippen MR) is 110 cm³/mol. The third-order valence-corrected chi connectivity index (χ3v) is 4.84. The first-order valence-electron chi connectivity index (χ1n) is 10.0. The van der Waals surface area contributed by atoms with Gasteiger partial charge in [0.2, 0.25) is 5.88 Å². The second kappa shape index (κ2) is 8.17. The van der Waals surface area contributed by atoms with Gasteiger partial charge < -0.3 is 15.7 Å². The monoisotopic (exact) mass is 425 g/mol. The molecule has 0 saturated heterocycles. The minimum Gasteiger partial charge on any atom is -0.494 e. The van der Waals surface area contributed by atoms with Crippen molar-refractivity contribution in [2.24, 2.45) is 5.92 Å². The number of fused-ring (bicyclic) bond motifs is 1. The highest BCUT2D eigenvalue weighted by atomic mass is 16.3. The number of hydrogen-bond acceptors (Lipinski definition) is 7. The van der Waals surface area contributed by atoms with E-state index < -0.39 is 23.3 Å². The Balaban J connectivity index is 1.76. The Hall–Kier alpha value is -3.76. The fourth-order valence-corrected chi connectivity index (χ4v) is 3.25. The standard InChI is InChI=1S/C20H23N7O4/c1-11(2)10-26-18-13(16(28)23-9-14-21-6-3-7-22-14)8-24-27(18)20(31)15(19(26)30)17(29)25-12-4-5-12/h3,6-8,11-12,30H,4-5,9-10H2,1-2H3,(H,23,28)(H,25,29). The van der Waals surface area contributed by atoms with E-state index in [0.717, 1.165) is 17.4 Å². The molecule has 0 unspecified atom stereocenters. The van der Waals surface area contributed by atoms with Crippen molar-refractivity contribution in [2.75, 3.05) is 0 Å². The summed E-state index contributed by atoms with van der Waals surface area (Å²) in [6.07, 6.45) is 6.06.